The molecular weight excluding hydrogens is 559 g/mol. The van der Waals surface area contributed by atoms with Crippen molar-refractivity contribution in [1.29, 1.82) is 0 Å². The van der Waals surface area contributed by atoms with Crippen molar-refractivity contribution in [2.75, 3.05) is 30.5 Å². The molecule has 0 bridgehead atoms. The fourth-order valence-electron chi connectivity index (χ4n) is 4.69. The van der Waals surface area contributed by atoms with Gasteiger partial charge in [-0.2, -0.15) is 0 Å². The summed E-state index contributed by atoms with van der Waals surface area (Å²) in [6.07, 6.45) is 0.294. The predicted molar refractivity (Wildman–Crippen MR) is 170 cm³/mol. The number of carbonyl (C=O) groups excluding carboxylic acids is 3. The molecule has 228 valence electrons. The summed E-state index contributed by atoms with van der Waals surface area (Å²) < 4.78 is 25.5. The van der Waals surface area contributed by atoms with Crippen LogP contribution in [0.4, 0.5) is 15.8 Å². The van der Waals surface area contributed by atoms with E-state index in [1.54, 1.807) is 99.6 Å². The van der Waals surface area contributed by atoms with Crippen LogP contribution in [0.1, 0.15) is 42.3 Å². The number of ether oxygens (including phenoxy) is 2. The van der Waals surface area contributed by atoms with Crippen molar-refractivity contribution in [3.05, 3.63) is 126 Å². The van der Waals surface area contributed by atoms with E-state index in [9.17, 15) is 18.8 Å². The summed E-state index contributed by atoms with van der Waals surface area (Å²) in [4.78, 5) is 40.4. The Balaban J connectivity index is 1.43. The Labute approximate surface area is 257 Å². The SMILES string of the molecule is COC(=O)[C@H](Cc1ccc(OCCN(C(=O)C(C)(C)C)c2ccccc2F)cc1)Nc1ccccc1C(=O)c1ccccc1. The highest BCUT2D eigenvalue weighted by atomic mass is 19.1. The highest BCUT2D eigenvalue weighted by Gasteiger charge is 2.29. The number of rotatable bonds is 12. The smallest absolute Gasteiger partial charge is 0.328 e. The summed E-state index contributed by atoms with van der Waals surface area (Å²) in [6, 6.07) is 28.7. The third-order valence-corrected chi connectivity index (χ3v) is 7.00. The van der Waals surface area contributed by atoms with Gasteiger partial charge in [-0.3, -0.25) is 9.59 Å². The quantitative estimate of drug-likeness (QED) is 0.145. The first-order chi connectivity index (χ1) is 21.1. The molecule has 0 aliphatic carbocycles. The lowest BCUT2D eigenvalue weighted by molar-refractivity contribution is -0.141. The molecule has 0 saturated heterocycles. The number of anilines is 2. The molecule has 0 radical (unpaired) electrons. The lowest BCUT2D eigenvalue weighted by atomic mass is 9.94. The van der Waals surface area contributed by atoms with Gasteiger partial charge in [0.2, 0.25) is 5.91 Å². The van der Waals surface area contributed by atoms with Crippen LogP contribution in [-0.2, 0) is 20.7 Å². The number of methoxy groups -OCH3 is 1. The molecule has 0 unspecified atom stereocenters. The molecule has 4 aromatic rings. The van der Waals surface area contributed by atoms with E-state index in [1.807, 2.05) is 18.2 Å². The lowest BCUT2D eigenvalue weighted by Crippen LogP contribution is -2.42. The first-order valence-corrected chi connectivity index (χ1v) is 14.4. The zero-order valence-corrected chi connectivity index (χ0v) is 25.4. The molecule has 0 heterocycles. The lowest BCUT2D eigenvalue weighted by Gasteiger charge is -2.29. The summed E-state index contributed by atoms with van der Waals surface area (Å²) in [7, 11) is 1.32. The van der Waals surface area contributed by atoms with Crippen molar-refractivity contribution >= 4 is 29.0 Å². The van der Waals surface area contributed by atoms with E-state index in [-0.39, 0.29) is 30.5 Å². The molecule has 0 fully saturated rings. The van der Waals surface area contributed by atoms with Crippen LogP contribution in [0.15, 0.2) is 103 Å². The van der Waals surface area contributed by atoms with Gasteiger partial charge < -0.3 is 19.7 Å². The second-order valence-electron chi connectivity index (χ2n) is 11.3. The van der Waals surface area contributed by atoms with Gasteiger partial charge in [-0.25, -0.2) is 9.18 Å². The molecule has 0 aliphatic rings. The molecule has 1 amide bonds. The number of ketones is 1. The highest BCUT2D eigenvalue weighted by Crippen LogP contribution is 2.26. The van der Waals surface area contributed by atoms with Gasteiger partial charge in [0.05, 0.1) is 19.3 Å². The number of hydrogen-bond acceptors (Lipinski definition) is 6. The predicted octanol–water partition coefficient (Wildman–Crippen LogP) is 6.71. The van der Waals surface area contributed by atoms with E-state index in [0.29, 0.717) is 29.0 Å². The van der Waals surface area contributed by atoms with Gasteiger partial charge in [-0.1, -0.05) is 87.5 Å². The van der Waals surface area contributed by atoms with Crippen LogP contribution in [0.3, 0.4) is 0 Å². The molecule has 1 atom stereocenters. The van der Waals surface area contributed by atoms with Gasteiger partial charge in [0.25, 0.3) is 0 Å². The minimum atomic E-state index is -0.755. The van der Waals surface area contributed by atoms with Crippen molar-refractivity contribution in [2.24, 2.45) is 5.41 Å². The first kappa shape index (κ1) is 31.9. The Morgan fingerprint density at radius 3 is 2.14 bits per heavy atom. The monoisotopic (exact) mass is 596 g/mol. The van der Waals surface area contributed by atoms with Gasteiger partial charge in [0.1, 0.15) is 24.2 Å². The van der Waals surface area contributed by atoms with E-state index in [2.05, 4.69) is 5.32 Å². The fraction of sp³-hybridized carbons (Fsp3) is 0.250. The first-order valence-electron chi connectivity index (χ1n) is 14.4. The van der Waals surface area contributed by atoms with Gasteiger partial charge in [0.15, 0.2) is 5.78 Å². The molecule has 44 heavy (non-hydrogen) atoms. The maximum Gasteiger partial charge on any atom is 0.328 e. The second-order valence-corrected chi connectivity index (χ2v) is 11.3. The third-order valence-electron chi connectivity index (χ3n) is 7.00. The Morgan fingerprint density at radius 2 is 1.48 bits per heavy atom. The normalized spacial score (nSPS) is 11.8. The number of hydrogen-bond donors (Lipinski definition) is 1. The molecule has 0 aliphatic heterocycles. The van der Waals surface area contributed by atoms with Crippen molar-refractivity contribution in [2.45, 2.75) is 33.2 Å². The number of nitrogens with one attached hydrogen (secondary N) is 1. The molecule has 7 nitrogen and oxygen atoms in total. The van der Waals surface area contributed by atoms with E-state index < -0.39 is 23.2 Å². The molecule has 0 aromatic heterocycles. The van der Waals surface area contributed by atoms with Crippen molar-refractivity contribution in [1.82, 2.24) is 0 Å². The van der Waals surface area contributed by atoms with Crippen molar-refractivity contribution < 1.29 is 28.2 Å². The van der Waals surface area contributed by atoms with E-state index >= 15 is 0 Å². The molecule has 4 aromatic carbocycles. The minimum Gasteiger partial charge on any atom is -0.492 e. The van der Waals surface area contributed by atoms with E-state index in [1.165, 1.54) is 18.1 Å². The van der Waals surface area contributed by atoms with Crippen LogP contribution in [-0.4, -0.2) is 44.0 Å². The summed E-state index contributed by atoms with van der Waals surface area (Å²) >= 11 is 0. The van der Waals surface area contributed by atoms with Gasteiger partial charge >= 0.3 is 5.97 Å². The fourth-order valence-corrected chi connectivity index (χ4v) is 4.69. The summed E-state index contributed by atoms with van der Waals surface area (Å²) in [5.41, 5.74) is 1.87. The summed E-state index contributed by atoms with van der Waals surface area (Å²) in [5.74, 6) is -0.752. The van der Waals surface area contributed by atoms with Crippen molar-refractivity contribution in [3.63, 3.8) is 0 Å². The van der Waals surface area contributed by atoms with Crippen LogP contribution >= 0.6 is 0 Å². The molecule has 0 spiro atoms. The summed E-state index contributed by atoms with van der Waals surface area (Å²) in [5, 5.41) is 3.21. The average molecular weight is 597 g/mol. The van der Waals surface area contributed by atoms with Gasteiger partial charge in [0, 0.05) is 28.7 Å². The number of nitrogens with zero attached hydrogens (tertiary/aromatic N) is 1. The maximum absolute atomic E-state index is 14.6. The third kappa shape index (κ3) is 8.10. The van der Waals surface area contributed by atoms with Gasteiger partial charge in [-0.05, 0) is 42.0 Å². The zero-order valence-electron chi connectivity index (χ0n) is 25.4. The Hall–Kier alpha value is -4.98. The number of carbonyl (C=O) groups is 3. The average Bonchev–Trinajstić information content (AvgIpc) is 3.03. The molecule has 4 rings (SSSR count). The van der Waals surface area contributed by atoms with E-state index in [4.69, 9.17) is 9.47 Å². The Kier molecular flexibility index (Phi) is 10.5. The largest absolute Gasteiger partial charge is 0.492 e. The Morgan fingerprint density at radius 1 is 0.841 bits per heavy atom. The molecule has 1 N–H and O–H groups in total. The van der Waals surface area contributed by atoms with Crippen molar-refractivity contribution in [3.8, 4) is 5.75 Å². The number of amides is 1. The van der Waals surface area contributed by atoms with Crippen LogP contribution in [0.25, 0.3) is 0 Å². The topological polar surface area (TPSA) is 84.9 Å². The maximum atomic E-state index is 14.6. The number of benzene rings is 4. The second kappa shape index (κ2) is 14.5. The summed E-state index contributed by atoms with van der Waals surface area (Å²) in [6.45, 7) is 5.68. The van der Waals surface area contributed by atoms with E-state index in [0.717, 1.165) is 5.56 Å². The van der Waals surface area contributed by atoms with Crippen LogP contribution in [0.5, 0.6) is 5.75 Å². The number of para-hydroxylation sites is 2. The van der Waals surface area contributed by atoms with Crippen LogP contribution in [0.2, 0.25) is 0 Å². The number of esters is 1. The van der Waals surface area contributed by atoms with Crippen LogP contribution in [0, 0.1) is 11.2 Å². The standard InChI is InChI=1S/C36H37FN2O5/c1-36(2,3)35(42)39(32-17-11-9-15-29(32)37)22-23-44-27-20-18-25(19-21-27)24-31(34(41)43-4)38-30-16-10-8-14-28(30)33(40)26-12-6-5-7-13-26/h5-21,31,38H,22-24H2,1-4H3/t31-/m0/s1. The number of halogens is 1. The molecule has 8 heteroatoms. The minimum absolute atomic E-state index is 0.147. The Bertz CT molecular complexity index is 1580. The van der Waals surface area contributed by atoms with Gasteiger partial charge in [-0.15, -0.1) is 0 Å². The molecule has 0 saturated carbocycles. The van der Waals surface area contributed by atoms with Crippen LogP contribution < -0.4 is 15.0 Å². The highest BCUT2D eigenvalue weighted by molar-refractivity contribution is 6.12. The molecular formula is C36H37FN2O5. The zero-order chi connectivity index (χ0) is 31.7.